The van der Waals surface area contributed by atoms with Crippen LogP contribution in [0, 0.1) is 0 Å². The maximum absolute atomic E-state index is 12.0. The average Bonchev–Trinajstić information content (AvgIpc) is 2.81. The number of rotatable bonds is 3. The van der Waals surface area contributed by atoms with Crippen LogP contribution in [0.5, 0.6) is 5.75 Å². The van der Waals surface area contributed by atoms with Crippen LogP contribution in [-0.4, -0.2) is 18.0 Å². The van der Waals surface area contributed by atoms with Gasteiger partial charge < -0.3 is 10.5 Å². The molecule has 3 N–H and O–H groups in total. The van der Waals surface area contributed by atoms with E-state index in [1.807, 2.05) is 0 Å². The van der Waals surface area contributed by atoms with Crippen molar-refractivity contribution in [2.45, 2.75) is 0 Å². The number of ether oxygens (including phenoxy) is 1. The number of amides is 1. The minimum Gasteiger partial charge on any atom is -0.494 e. The molecule has 2 aromatic rings. The molecular weight excluding hydrogens is 238 g/mol. The van der Waals surface area contributed by atoms with E-state index in [1.54, 1.807) is 29.8 Å². The van der Waals surface area contributed by atoms with Gasteiger partial charge in [0.05, 0.1) is 18.4 Å². The molecule has 0 unspecified atom stereocenters. The SMILES string of the molecule is COc1c(N)cccc1C(=O)Nc1nccs1. The standard InChI is InChI=1S/C11H11N3O2S/c1-16-9-7(3-2-4-8(9)12)10(15)14-11-13-5-6-17-11/h2-6H,12H2,1H3,(H,13,14,15). The van der Waals surface area contributed by atoms with Gasteiger partial charge in [-0.3, -0.25) is 10.1 Å². The highest BCUT2D eigenvalue weighted by Gasteiger charge is 2.15. The molecule has 6 heteroatoms. The Morgan fingerprint density at radius 3 is 3.00 bits per heavy atom. The zero-order valence-corrected chi connectivity index (χ0v) is 9.95. The lowest BCUT2D eigenvalue weighted by Crippen LogP contribution is -2.13. The van der Waals surface area contributed by atoms with Gasteiger partial charge in [0.25, 0.3) is 5.91 Å². The number of nitrogens with two attached hydrogens (primary N) is 1. The minimum absolute atomic E-state index is 0.288. The highest BCUT2D eigenvalue weighted by Crippen LogP contribution is 2.26. The molecule has 17 heavy (non-hydrogen) atoms. The Hall–Kier alpha value is -2.08. The first-order valence-corrected chi connectivity index (χ1v) is 5.73. The molecule has 0 aliphatic rings. The summed E-state index contributed by atoms with van der Waals surface area (Å²) in [5.74, 6) is 0.0886. The fourth-order valence-electron chi connectivity index (χ4n) is 1.41. The van der Waals surface area contributed by atoms with Gasteiger partial charge in [-0.15, -0.1) is 11.3 Å². The van der Waals surface area contributed by atoms with Gasteiger partial charge in [-0.1, -0.05) is 6.07 Å². The number of nitrogen functional groups attached to an aromatic ring is 1. The van der Waals surface area contributed by atoms with Crippen LogP contribution in [0.3, 0.4) is 0 Å². The van der Waals surface area contributed by atoms with Gasteiger partial charge in [0.15, 0.2) is 10.9 Å². The fourth-order valence-corrected chi connectivity index (χ4v) is 1.94. The highest BCUT2D eigenvalue weighted by atomic mass is 32.1. The number of benzene rings is 1. The second-order valence-electron chi connectivity index (χ2n) is 3.22. The van der Waals surface area contributed by atoms with Crippen molar-refractivity contribution in [2.24, 2.45) is 0 Å². The molecule has 1 amide bonds. The van der Waals surface area contributed by atoms with Crippen molar-refractivity contribution in [3.05, 3.63) is 35.3 Å². The van der Waals surface area contributed by atoms with Crippen molar-refractivity contribution < 1.29 is 9.53 Å². The van der Waals surface area contributed by atoms with Crippen molar-refractivity contribution in [2.75, 3.05) is 18.2 Å². The number of carbonyl (C=O) groups excluding carboxylic acids is 1. The Kier molecular flexibility index (Phi) is 3.24. The first kappa shape index (κ1) is 11.4. The van der Waals surface area contributed by atoms with Crippen molar-refractivity contribution in [1.82, 2.24) is 4.98 Å². The summed E-state index contributed by atoms with van der Waals surface area (Å²) < 4.78 is 5.11. The molecule has 0 aliphatic heterocycles. The van der Waals surface area contributed by atoms with Crippen molar-refractivity contribution in [1.29, 1.82) is 0 Å². The van der Waals surface area contributed by atoms with Gasteiger partial charge >= 0.3 is 0 Å². The third-order valence-electron chi connectivity index (χ3n) is 2.15. The molecule has 0 saturated heterocycles. The van der Waals surface area contributed by atoms with Crippen LogP contribution in [0.25, 0.3) is 0 Å². The summed E-state index contributed by atoms with van der Waals surface area (Å²) >= 11 is 1.35. The van der Waals surface area contributed by atoms with E-state index in [-0.39, 0.29) is 5.91 Å². The molecule has 1 heterocycles. The van der Waals surface area contributed by atoms with Gasteiger partial charge in [-0.2, -0.15) is 0 Å². The summed E-state index contributed by atoms with van der Waals surface area (Å²) in [6, 6.07) is 5.03. The van der Waals surface area contributed by atoms with E-state index in [1.165, 1.54) is 18.4 Å². The van der Waals surface area contributed by atoms with E-state index in [2.05, 4.69) is 10.3 Å². The predicted octanol–water partition coefficient (Wildman–Crippen LogP) is 1.99. The number of aromatic nitrogens is 1. The van der Waals surface area contributed by atoms with Crippen LogP contribution in [0.1, 0.15) is 10.4 Å². The number of hydrogen-bond acceptors (Lipinski definition) is 5. The van der Waals surface area contributed by atoms with Gasteiger partial charge in [0.1, 0.15) is 0 Å². The zero-order valence-electron chi connectivity index (χ0n) is 9.14. The summed E-state index contributed by atoms with van der Waals surface area (Å²) in [5.41, 5.74) is 6.55. The molecule has 0 radical (unpaired) electrons. The quantitative estimate of drug-likeness (QED) is 0.815. The molecule has 88 valence electrons. The number of hydrogen-bond donors (Lipinski definition) is 2. The van der Waals surface area contributed by atoms with Crippen LogP contribution in [0.15, 0.2) is 29.8 Å². The number of nitrogens with zero attached hydrogens (tertiary/aromatic N) is 1. The lowest BCUT2D eigenvalue weighted by Gasteiger charge is -2.09. The maximum Gasteiger partial charge on any atom is 0.261 e. The largest absolute Gasteiger partial charge is 0.494 e. The van der Waals surface area contributed by atoms with Crippen LogP contribution in [0.4, 0.5) is 10.8 Å². The Morgan fingerprint density at radius 2 is 2.35 bits per heavy atom. The first-order chi connectivity index (χ1) is 8.22. The number of nitrogens with one attached hydrogen (secondary N) is 1. The normalized spacial score (nSPS) is 9.94. The summed E-state index contributed by atoms with van der Waals surface area (Å²) in [5, 5.41) is 5.00. The van der Waals surface area contributed by atoms with Crippen LogP contribution < -0.4 is 15.8 Å². The van der Waals surface area contributed by atoms with E-state index >= 15 is 0 Å². The van der Waals surface area contributed by atoms with Crippen molar-refractivity contribution in [3.8, 4) is 5.75 Å². The minimum atomic E-state index is -0.288. The van der Waals surface area contributed by atoms with Crippen LogP contribution >= 0.6 is 11.3 Å². The number of anilines is 2. The van der Waals surface area contributed by atoms with E-state index < -0.39 is 0 Å². The molecule has 0 fully saturated rings. The second kappa shape index (κ2) is 4.84. The van der Waals surface area contributed by atoms with Gasteiger partial charge in [-0.05, 0) is 12.1 Å². The fraction of sp³-hybridized carbons (Fsp3) is 0.0909. The Balaban J connectivity index is 2.28. The van der Waals surface area contributed by atoms with Gasteiger partial charge in [0.2, 0.25) is 0 Å². The number of carbonyl (C=O) groups is 1. The second-order valence-corrected chi connectivity index (χ2v) is 4.11. The predicted molar refractivity (Wildman–Crippen MR) is 67.5 cm³/mol. The Labute approximate surface area is 102 Å². The molecule has 5 nitrogen and oxygen atoms in total. The number of para-hydroxylation sites is 1. The smallest absolute Gasteiger partial charge is 0.261 e. The molecule has 0 bridgehead atoms. The van der Waals surface area contributed by atoms with Crippen molar-refractivity contribution in [3.63, 3.8) is 0 Å². The van der Waals surface area contributed by atoms with Crippen LogP contribution in [0.2, 0.25) is 0 Å². The van der Waals surface area contributed by atoms with Gasteiger partial charge in [0, 0.05) is 11.6 Å². The summed E-state index contributed by atoms with van der Waals surface area (Å²) in [4.78, 5) is 15.9. The summed E-state index contributed by atoms with van der Waals surface area (Å²) in [7, 11) is 1.48. The third kappa shape index (κ3) is 2.36. The van der Waals surface area contributed by atoms with E-state index in [4.69, 9.17) is 10.5 Å². The number of thiazole rings is 1. The molecule has 0 aliphatic carbocycles. The molecule has 1 aromatic heterocycles. The van der Waals surface area contributed by atoms with E-state index in [0.717, 1.165) is 0 Å². The summed E-state index contributed by atoms with van der Waals surface area (Å²) in [6.45, 7) is 0. The zero-order chi connectivity index (χ0) is 12.3. The molecule has 0 spiro atoms. The lowest BCUT2D eigenvalue weighted by molar-refractivity contribution is 0.102. The molecule has 2 rings (SSSR count). The van der Waals surface area contributed by atoms with Crippen LogP contribution in [-0.2, 0) is 0 Å². The van der Waals surface area contributed by atoms with Crippen molar-refractivity contribution >= 4 is 28.1 Å². The first-order valence-electron chi connectivity index (χ1n) is 4.85. The van der Waals surface area contributed by atoms with E-state index in [9.17, 15) is 4.79 Å². The Morgan fingerprint density at radius 1 is 1.53 bits per heavy atom. The third-order valence-corrected chi connectivity index (χ3v) is 2.84. The number of methoxy groups -OCH3 is 1. The van der Waals surface area contributed by atoms with E-state index in [0.29, 0.717) is 22.1 Å². The maximum atomic E-state index is 12.0. The monoisotopic (exact) mass is 249 g/mol. The topological polar surface area (TPSA) is 77.2 Å². The average molecular weight is 249 g/mol. The van der Waals surface area contributed by atoms with Gasteiger partial charge in [-0.25, -0.2) is 4.98 Å². The summed E-state index contributed by atoms with van der Waals surface area (Å²) in [6.07, 6.45) is 1.62. The molecule has 1 aromatic carbocycles. The Bertz CT molecular complexity index is 526. The highest BCUT2D eigenvalue weighted by molar-refractivity contribution is 7.13. The molecule has 0 saturated carbocycles. The molecular formula is C11H11N3O2S. The molecule has 0 atom stereocenters. The lowest BCUT2D eigenvalue weighted by atomic mass is 10.1.